The molecule has 0 spiro atoms. The van der Waals surface area contributed by atoms with Crippen molar-refractivity contribution in [3.63, 3.8) is 0 Å². The lowest BCUT2D eigenvalue weighted by molar-refractivity contribution is -0.130. The fourth-order valence-corrected chi connectivity index (χ4v) is 1.53. The molecule has 2 nitrogen and oxygen atoms in total. The van der Waals surface area contributed by atoms with Crippen molar-refractivity contribution in [2.45, 2.75) is 60.4 Å². The number of hydrogen-bond acceptors (Lipinski definition) is 2. The largest absolute Gasteiger partial charge is 0.312 e. The fourth-order valence-electron chi connectivity index (χ4n) is 1.53. The van der Waals surface area contributed by atoms with Crippen molar-refractivity contribution in [3.05, 3.63) is 0 Å². The quantitative estimate of drug-likeness (QED) is 0.778. The van der Waals surface area contributed by atoms with Gasteiger partial charge in [0.25, 0.3) is 0 Å². The van der Waals surface area contributed by atoms with Gasteiger partial charge in [-0.25, -0.2) is 0 Å². The predicted octanol–water partition coefficient (Wildman–Crippen LogP) is 3.02. The molecule has 0 rings (SSSR count). The van der Waals surface area contributed by atoms with Gasteiger partial charge in [0.1, 0.15) is 5.78 Å². The molecule has 0 aliphatic heterocycles. The Morgan fingerprint density at radius 3 is 1.93 bits per heavy atom. The number of rotatable bonds is 4. The van der Waals surface area contributed by atoms with Crippen LogP contribution in [-0.4, -0.2) is 17.9 Å². The van der Waals surface area contributed by atoms with Crippen LogP contribution < -0.4 is 5.32 Å². The first kappa shape index (κ1) is 14.6. The fraction of sp³-hybridized carbons (Fsp3) is 0.923. The number of carbonyl (C=O) groups excluding carboxylic acids is 1. The van der Waals surface area contributed by atoms with Gasteiger partial charge in [-0.05, 0) is 33.7 Å². The summed E-state index contributed by atoms with van der Waals surface area (Å²) in [5.74, 6) is 0.512. The summed E-state index contributed by atoms with van der Waals surface area (Å²) in [6.07, 6.45) is 0.924. The molecule has 0 aromatic carbocycles. The molecule has 0 aromatic heterocycles. The lowest BCUT2D eigenvalue weighted by atomic mass is 9.82. The van der Waals surface area contributed by atoms with E-state index in [1.54, 1.807) is 0 Å². The highest BCUT2D eigenvalue weighted by Gasteiger charge is 2.26. The minimum atomic E-state index is -0.207. The van der Waals surface area contributed by atoms with Gasteiger partial charge in [-0.15, -0.1) is 0 Å². The summed E-state index contributed by atoms with van der Waals surface area (Å²) in [6.45, 7) is 15.3. The first-order valence-corrected chi connectivity index (χ1v) is 5.83. The molecule has 15 heavy (non-hydrogen) atoms. The van der Waals surface area contributed by atoms with Crippen LogP contribution in [0, 0.1) is 11.3 Å². The van der Waals surface area contributed by atoms with Crippen molar-refractivity contribution in [1.82, 2.24) is 5.32 Å². The van der Waals surface area contributed by atoms with Gasteiger partial charge in [0, 0.05) is 16.9 Å². The summed E-state index contributed by atoms with van der Waals surface area (Å²) in [7, 11) is 0. The Kier molecular flexibility index (Phi) is 4.98. The monoisotopic (exact) mass is 213 g/mol. The molecule has 1 N–H and O–H groups in total. The van der Waals surface area contributed by atoms with Crippen LogP contribution in [0.5, 0.6) is 0 Å². The highest BCUT2D eigenvalue weighted by atomic mass is 16.1. The van der Waals surface area contributed by atoms with E-state index in [9.17, 15) is 4.79 Å². The third-order valence-electron chi connectivity index (χ3n) is 2.42. The van der Waals surface area contributed by atoms with Gasteiger partial charge < -0.3 is 5.32 Å². The maximum absolute atomic E-state index is 11.9. The topological polar surface area (TPSA) is 29.1 Å². The number of hydrogen-bond donors (Lipinski definition) is 1. The summed E-state index contributed by atoms with van der Waals surface area (Å²) in [4.78, 5) is 11.9. The lowest BCUT2D eigenvalue weighted by Crippen LogP contribution is -2.38. The minimum Gasteiger partial charge on any atom is -0.312 e. The van der Waals surface area contributed by atoms with Crippen LogP contribution in [0.2, 0.25) is 0 Å². The minimum absolute atomic E-state index is 0.143. The maximum Gasteiger partial charge on any atom is 0.141 e. The molecule has 0 aliphatic carbocycles. The van der Waals surface area contributed by atoms with Crippen LogP contribution in [0.4, 0.5) is 0 Å². The Hall–Kier alpha value is -0.370. The third-order valence-corrected chi connectivity index (χ3v) is 2.42. The van der Waals surface area contributed by atoms with Crippen LogP contribution in [0.1, 0.15) is 54.9 Å². The molecule has 0 saturated heterocycles. The SMILES string of the molecule is CC(CCNC(C)(C)C)C(=O)C(C)(C)C. The molecule has 0 aromatic rings. The van der Waals surface area contributed by atoms with E-state index in [1.165, 1.54) is 0 Å². The number of Topliss-reactive ketones (excluding diaryl/α,β-unsaturated/α-hetero) is 1. The molecular formula is C13H27NO. The van der Waals surface area contributed by atoms with E-state index in [4.69, 9.17) is 0 Å². The molecule has 1 unspecified atom stereocenters. The van der Waals surface area contributed by atoms with E-state index in [0.717, 1.165) is 13.0 Å². The number of ketones is 1. The molecule has 0 heterocycles. The van der Waals surface area contributed by atoms with Crippen molar-refractivity contribution < 1.29 is 4.79 Å². The normalized spacial score (nSPS) is 15.1. The van der Waals surface area contributed by atoms with Gasteiger partial charge in [0.15, 0.2) is 0 Å². The van der Waals surface area contributed by atoms with E-state index < -0.39 is 0 Å². The number of carbonyl (C=O) groups is 1. The molecule has 2 heteroatoms. The second kappa shape index (κ2) is 5.11. The van der Waals surface area contributed by atoms with Gasteiger partial charge in [0.2, 0.25) is 0 Å². The molecule has 0 radical (unpaired) electrons. The zero-order chi connectivity index (χ0) is 12.3. The Bertz CT molecular complexity index is 208. The Labute approximate surface area is 94.8 Å². The Morgan fingerprint density at radius 1 is 1.13 bits per heavy atom. The first-order chi connectivity index (χ1) is 6.54. The van der Waals surface area contributed by atoms with E-state index in [-0.39, 0.29) is 16.9 Å². The summed E-state index contributed by atoms with van der Waals surface area (Å²) in [6, 6.07) is 0. The standard InChI is InChI=1S/C13H27NO/c1-10(11(15)12(2,3)4)8-9-14-13(5,6)7/h10,14H,8-9H2,1-7H3. The van der Waals surface area contributed by atoms with Crippen LogP contribution >= 0.6 is 0 Å². The average molecular weight is 213 g/mol. The summed E-state index contributed by atoms with van der Waals surface area (Å²) in [5, 5.41) is 3.41. The molecular weight excluding hydrogens is 186 g/mol. The maximum atomic E-state index is 11.9. The molecule has 0 bridgehead atoms. The highest BCUT2D eigenvalue weighted by molar-refractivity contribution is 5.85. The molecule has 1 atom stereocenters. The molecule has 90 valence electrons. The molecule has 0 aliphatic rings. The van der Waals surface area contributed by atoms with E-state index in [1.807, 2.05) is 27.7 Å². The summed E-state index contributed by atoms with van der Waals surface area (Å²) in [5.41, 5.74) is -0.0638. The first-order valence-electron chi connectivity index (χ1n) is 5.83. The van der Waals surface area contributed by atoms with E-state index in [2.05, 4.69) is 26.1 Å². The smallest absolute Gasteiger partial charge is 0.141 e. The van der Waals surface area contributed by atoms with Crippen molar-refractivity contribution in [3.8, 4) is 0 Å². The highest BCUT2D eigenvalue weighted by Crippen LogP contribution is 2.21. The third kappa shape index (κ3) is 6.67. The van der Waals surface area contributed by atoms with E-state index >= 15 is 0 Å². The zero-order valence-electron chi connectivity index (χ0n) is 11.4. The van der Waals surface area contributed by atoms with Crippen molar-refractivity contribution >= 4 is 5.78 Å². The van der Waals surface area contributed by atoms with Gasteiger partial charge in [0.05, 0.1) is 0 Å². The number of nitrogens with one attached hydrogen (secondary N) is 1. The van der Waals surface area contributed by atoms with Crippen molar-refractivity contribution in [2.75, 3.05) is 6.54 Å². The lowest BCUT2D eigenvalue weighted by Gasteiger charge is -2.24. The predicted molar refractivity (Wildman–Crippen MR) is 66.0 cm³/mol. The van der Waals surface area contributed by atoms with Gasteiger partial charge in [-0.3, -0.25) is 4.79 Å². The van der Waals surface area contributed by atoms with Gasteiger partial charge in [-0.2, -0.15) is 0 Å². The molecule has 0 amide bonds. The Morgan fingerprint density at radius 2 is 1.60 bits per heavy atom. The van der Waals surface area contributed by atoms with Crippen LogP contribution in [0.25, 0.3) is 0 Å². The van der Waals surface area contributed by atoms with Crippen LogP contribution in [-0.2, 0) is 4.79 Å². The molecule has 0 fully saturated rings. The van der Waals surface area contributed by atoms with Crippen molar-refractivity contribution in [1.29, 1.82) is 0 Å². The summed E-state index contributed by atoms with van der Waals surface area (Å²) >= 11 is 0. The van der Waals surface area contributed by atoms with Crippen LogP contribution in [0.15, 0.2) is 0 Å². The zero-order valence-corrected chi connectivity index (χ0v) is 11.4. The van der Waals surface area contributed by atoms with E-state index in [0.29, 0.717) is 5.78 Å². The van der Waals surface area contributed by atoms with Crippen molar-refractivity contribution in [2.24, 2.45) is 11.3 Å². The molecule has 0 saturated carbocycles. The van der Waals surface area contributed by atoms with Gasteiger partial charge >= 0.3 is 0 Å². The summed E-state index contributed by atoms with van der Waals surface area (Å²) < 4.78 is 0. The second-order valence-electron chi connectivity index (χ2n) is 6.48. The second-order valence-corrected chi connectivity index (χ2v) is 6.48. The average Bonchev–Trinajstić information content (AvgIpc) is 1.98. The Balaban J connectivity index is 3.96. The van der Waals surface area contributed by atoms with Gasteiger partial charge in [-0.1, -0.05) is 27.7 Å². The van der Waals surface area contributed by atoms with Crippen LogP contribution in [0.3, 0.4) is 0 Å².